The molecular weight excluding hydrogens is 382 g/mol. The minimum absolute atomic E-state index is 0.0393. The molecule has 0 bridgehead atoms. The molecule has 158 valence electrons. The first-order chi connectivity index (χ1) is 14.7. The molecule has 2 aromatic carbocycles. The number of rotatable bonds is 7. The molecule has 1 aliphatic rings. The van der Waals surface area contributed by atoms with E-state index >= 15 is 0 Å². The van der Waals surface area contributed by atoms with Gasteiger partial charge in [0.05, 0.1) is 14.2 Å². The van der Waals surface area contributed by atoms with Crippen molar-refractivity contribution in [2.75, 3.05) is 53.6 Å². The van der Waals surface area contributed by atoms with E-state index in [1.807, 2.05) is 53.4 Å². The molecule has 2 heterocycles. The van der Waals surface area contributed by atoms with E-state index in [0.717, 1.165) is 47.8 Å². The molecule has 0 unspecified atom stereocenters. The average molecular weight is 409 g/mol. The second-order valence-corrected chi connectivity index (χ2v) is 7.30. The van der Waals surface area contributed by atoms with Crippen molar-refractivity contribution in [1.82, 2.24) is 14.8 Å². The first-order valence-electron chi connectivity index (χ1n) is 10.1. The van der Waals surface area contributed by atoms with Gasteiger partial charge in [-0.25, -0.2) is 0 Å². The molecule has 0 radical (unpaired) electrons. The molecule has 7 heteroatoms. The summed E-state index contributed by atoms with van der Waals surface area (Å²) in [4.78, 5) is 20.3. The predicted octanol–water partition coefficient (Wildman–Crippen LogP) is 3.02. The number of ether oxygens (including phenoxy) is 3. The molecule has 30 heavy (non-hydrogen) atoms. The van der Waals surface area contributed by atoms with Crippen molar-refractivity contribution < 1.29 is 19.0 Å². The summed E-state index contributed by atoms with van der Waals surface area (Å²) in [6.45, 7) is 4.51. The number of methoxy groups -OCH3 is 2. The zero-order chi connectivity index (χ0) is 20.9. The third-order valence-electron chi connectivity index (χ3n) is 5.44. The van der Waals surface area contributed by atoms with Gasteiger partial charge in [-0.1, -0.05) is 6.07 Å². The van der Waals surface area contributed by atoms with Gasteiger partial charge < -0.3 is 24.1 Å². The van der Waals surface area contributed by atoms with E-state index in [9.17, 15) is 4.79 Å². The van der Waals surface area contributed by atoms with E-state index in [0.29, 0.717) is 25.4 Å². The molecule has 1 amide bonds. The van der Waals surface area contributed by atoms with Crippen LogP contribution in [0.25, 0.3) is 10.9 Å². The van der Waals surface area contributed by atoms with Crippen molar-refractivity contribution in [2.24, 2.45) is 0 Å². The van der Waals surface area contributed by atoms with Crippen molar-refractivity contribution in [1.29, 1.82) is 0 Å². The fraction of sp³-hybridized carbons (Fsp3) is 0.348. The van der Waals surface area contributed by atoms with Gasteiger partial charge in [0.15, 0.2) is 0 Å². The molecule has 0 saturated carbocycles. The van der Waals surface area contributed by atoms with Crippen LogP contribution in [-0.2, 0) is 0 Å². The van der Waals surface area contributed by atoms with Crippen molar-refractivity contribution in [3.8, 4) is 17.2 Å². The van der Waals surface area contributed by atoms with Gasteiger partial charge in [-0.3, -0.25) is 9.69 Å². The summed E-state index contributed by atoms with van der Waals surface area (Å²) in [6.07, 6.45) is 0. The fourth-order valence-electron chi connectivity index (χ4n) is 3.68. The molecule has 1 aliphatic heterocycles. The summed E-state index contributed by atoms with van der Waals surface area (Å²) in [5.41, 5.74) is 1.56. The quantitative estimate of drug-likeness (QED) is 0.650. The molecule has 1 aromatic heterocycles. The number of carbonyl (C=O) groups is 1. The van der Waals surface area contributed by atoms with Crippen LogP contribution < -0.4 is 14.2 Å². The first kappa shape index (κ1) is 20.1. The molecule has 0 spiro atoms. The number of aromatic nitrogens is 1. The summed E-state index contributed by atoms with van der Waals surface area (Å²) in [5.74, 6) is 2.41. The van der Waals surface area contributed by atoms with Gasteiger partial charge in [0.2, 0.25) is 0 Å². The maximum atomic E-state index is 12.9. The van der Waals surface area contributed by atoms with Crippen LogP contribution in [-0.4, -0.2) is 74.2 Å². The van der Waals surface area contributed by atoms with Crippen molar-refractivity contribution in [2.45, 2.75) is 0 Å². The minimum Gasteiger partial charge on any atom is -0.497 e. The number of piperazine rings is 1. The maximum absolute atomic E-state index is 12.9. The molecule has 1 fully saturated rings. The number of benzene rings is 2. The van der Waals surface area contributed by atoms with Gasteiger partial charge in [-0.05, 0) is 36.4 Å². The lowest BCUT2D eigenvalue weighted by molar-refractivity contribution is 0.0615. The highest BCUT2D eigenvalue weighted by molar-refractivity contribution is 5.98. The highest BCUT2D eigenvalue weighted by Gasteiger charge is 2.23. The number of H-pyrrole nitrogens is 1. The van der Waals surface area contributed by atoms with Gasteiger partial charge in [0, 0.05) is 49.7 Å². The highest BCUT2D eigenvalue weighted by atomic mass is 16.5. The number of hydrogen-bond acceptors (Lipinski definition) is 5. The highest BCUT2D eigenvalue weighted by Crippen LogP contribution is 2.22. The monoisotopic (exact) mass is 409 g/mol. The summed E-state index contributed by atoms with van der Waals surface area (Å²) >= 11 is 0. The normalized spacial score (nSPS) is 14.7. The fourth-order valence-corrected chi connectivity index (χ4v) is 3.68. The van der Waals surface area contributed by atoms with Crippen LogP contribution >= 0.6 is 0 Å². The third kappa shape index (κ3) is 4.52. The lowest BCUT2D eigenvalue weighted by Crippen LogP contribution is -2.49. The summed E-state index contributed by atoms with van der Waals surface area (Å²) in [7, 11) is 3.29. The Morgan fingerprint density at radius 3 is 2.43 bits per heavy atom. The number of carbonyl (C=O) groups excluding carboxylic acids is 1. The maximum Gasteiger partial charge on any atom is 0.270 e. The molecule has 0 atom stereocenters. The topological polar surface area (TPSA) is 67.0 Å². The van der Waals surface area contributed by atoms with E-state index < -0.39 is 0 Å². The Morgan fingerprint density at radius 1 is 0.933 bits per heavy atom. The number of fused-ring (bicyclic) bond motifs is 1. The van der Waals surface area contributed by atoms with Gasteiger partial charge in [-0.15, -0.1) is 0 Å². The minimum atomic E-state index is 0.0393. The predicted molar refractivity (Wildman–Crippen MR) is 116 cm³/mol. The van der Waals surface area contributed by atoms with Gasteiger partial charge >= 0.3 is 0 Å². The third-order valence-corrected chi connectivity index (χ3v) is 5.44. The largest absolute Gasteiger partial charge is 0.497 e. The lowest BCUT2D eigenvalue weighted by atomic mass is 10.2. The Balaban J connectivity index is 1.27. The van der Waals surface area contributed by atoms with Crippen LogP contribution in [0.15, 0.2) is 48.5 Å². The number of aromatic amines is 1. The zero-order valence-corrected chi connectivity index (χ0v) is 17.4. The smallest absolute Gasteiger partial charge is 0.270 e. The Hall–Kier alpha value is -3.19. The van der Waals surface area contributed by atoms with E-state index in [4.69, 9.17) is 14.2 Å². The molecule has 1 N–H and O–H groups in total. The van der Waals surface area contributed by atoms with E-state index in [2.05, 4.69) is 9.88 Å². The standard InChI is InChI=1S/C23H27N3O4/c1-28-18-4-3-5-20(16-18)30-13-12-25-8-10-26(11-9-25)23(27)22-15-17-14-19(29-2)6-7-21(17)24-22/h3-7,14-16,24H,8-13H2,1-2H3. The molecule has 4 rings (SSSR count). The van der Waals surface area contributed by atoms with Crippen molar-refractivity contribution >= 4 is 16.8 Å². The molecule has 0 aliphatic carbocycles. The molecule has 1 saturated heterocycles. The van der Waals surface area contributed by atoms with Crippen LogP contribution in [0.3, 0.4) is 0 Å². The Labute approximate surface area is 176 Å². The van der Waals surface area contributed by atoms with E-state index in [1.165, 1.54) is 0 Å². The Kier molecular flexibility index (Phi) is 6.09. The molecular formula is C23H27N3O4. The SMILES string of the molecule is COc1cccc(OCCN2CCN(C(=O)c3cc4cc(OC)ccc4[nH]3)CC2)c1. The van der Waals surface area contributed by atoms with Crippen LogP contribution in [0.2, 0.25) is 0 Å². The van der Waals surface area contributed by atoms with E-state index in [-0.39, 0.29) is 5.91 Å². The van der Waals surface area contributed by atoms with Crippen molar-refractivity contribution in [3.05, 3.63) is 54.2 Å². The summed E-state index contributed by atoms with van der Waals surface area (Å²) in [6, 6.07) is 15.3. The lowest BCUT2D eigenvalue weighted by Gasteiger charge is -2.34. The second-order valence-electron chi connectivity index (χ2n) is 7.30. The summed E-state index contributed by atoms with van der Waals surface area (Å²) in [5, 5.41) is 0.978. The van der Waals surface area contributed by atoms with E-state index in [1.54, 1.807) is 14.2 Å². The average Bonchev–Trinajstić information content (AvgIpc) is 3.22. The molecule has 7 nitrogen and oxygen atoms in total. The Bertz CT molecular complexity index is 1010. The van der Waals surface area contributed by atoms with Crippen LogP contribution in [0.4, 0.5) is 0 Å². The number of nitrogens with one attached hydrogen (secondary N) is 1. The number of amides is 1. The van der Waals surface area contributed by atoms with Crippen LogP contribution in [0, 0.1) is 0 Å². The second kappa shape index (κ2) is 9.09. The number of hydrogen-bond donors (Lipinski definition) is 1. The van der Waals surface area contributed by atoms with Crippen LogP contribution in [0.5, 0.6) is 17.2 Å². The molecule has 3 aromatic rings. The van der Waals surface area contributed by atoms with Gasteiger partial charge in [0.25, 0.3) is 5.91 Å². The number of nitrogens with zero attached hydrogens (tertiary/aromatic N) is 2. The zero-order valence-electron chi connectivity index (χ0n) is 17.4. The Morgan fingerprint density at radius 2 is 1.67 bits per heavy atom. The van der Waals surface area contributed by atoms with Gasteiger partial charge in [-0.2, -0.15) is 0 Å². The van der Waals surface area contributed by atoms with Crippen molar-refractivity contribution in [3.63, 3.8) is 0 Å². The van der Waals surface area contributed by atoms with Crippen LogP contribution in [0.1, 0.15) is 10.5 Å². The van der Waals surface area contributed by atoms with Gasteiger partial charge in [0.1, 0.15) is 29.5 Å². The summed E-state index contributed by atoms with van der Waals surface area (Å²) < 4.78 is 16.3. The first-order valence-corrected chi connectivity index (χ1v) is 10.1.